The van der Waals surface area contributed by atoms with E-state index in [1.165, 1.54) is 23.5 Å². The molecular formula is C13H13ClFNOS. The van der Waals surface area contributed by atoms with Crippen LogP contribution >= 0.6 is 22.9 Å². The Morgan fingerprint density at radius 1 is 1.39 bits per heavy atom. The topological polar surface area (TPSA) is 35.2 Å². The summed E-state index contributed by atoms with van der Waals surface area (Å²) in [5, 5.41) is 0. The van der Waals surface area contributed by atoms with Crippen molar-refractivity contribution in [2.45, 2.75) is 19.6 Å². The first-order chi connectivity index (χ1) is 8.56. The van der Waals surface area contributed by atoms with Crippen LogP contribution in [0.3, 0.4) is 0 Å². The van der Waals surface area contributed by atoms with Crippen molar-refractivity contribution in [3.05, 3.63) is 50.9 Å². The zero-order valence-corrected chi connectivity index (χ0v) is 11.4. The summed E-state index contributed by atoms with van der Waals surface area (Å²) in [6.45, 7) is 2.20. The maximum atomic E-state index is 13.1. The zero-order chi connectivity index (χ0) is 13.1. The average Bonchev–Trinajstić information content (AvgIpc) is 2.73. The molecule has 0 saturated heterocycles. The third-order valence-corrected chi connectivity index (χ3v) is 3.67. The Bertz CT molecular complexity index is 542. The Morgan fingerprint density at radius 2 is 2.17 bits per heavy atom. The highest BCUT2D eigenvalue weighted by molar-refractivity contribution is 7.16. The van der Waals surface area contributed by atoms with Crippen LogP contribution in [-0.4, -0.2) is 0 Å². The smallest absolute Gasteiger partial charge is 0.124 e. The lowest BCUT2D eigenvalue weighted by Crippen LogP contribution is -2.08. The molecule has 2 rings (SSSR count). The quantitative estimate of drug-likeness (QED) is 0.916. The minimum Gasteiger partial charge on any atom is -0.488 e. The highest BCUT2D eigenvalue weighted by atomic mass is 35.5. The molecule has 1 aromatic carbocycles. The van der Waals surface area contributed by atoms with Gasteiger partial charge in [-0.1, -0.05) is 11.6 Å². The molecule has 0 aliphatic rings. The van der Waals surface area contributed by atoms with Gasteiger partial charge in [0.15, 0.2) is 0 Å². The third kappa shape index (κ3) is 3.22. The highest BCUT2D eigenvalue weighted by Crippen LogP contribution is 2.27. The largest absolute Gasteiger partial charge is 0.488 e. The molecule has 0 aliphatic carbocycles. The fraction of sp³-hybridized carbons (Fsp3) is 0.231. The fourth-order valence-electron chi connectivity index (χ4n) is 1.58. The van der Waals surface area contributed by atoms with Crippen molar-refractivity contribution in [2.75, 3.05) is 0 Å². The summed E-state index contributed by atoms with van der Waals surface area (Å²) in [5.41, 5.74) is 6.46. The van der Waals surface area contributed by atoms with Crippen LogP contribution in [0.4, 0.5) is 4.39 Å². The molecule has 2 aromatic rings. The molecule has 0 spiro atoms. The van der Waals surface area contributed by atoms with Crippen molar-refractivity contribution in [3.8, 4) is 5.75 Å². The molecule has 1 atom stereocenters. The van der Waals surface area contributed by atoms with Gasteiger partial charge < -0.3 is 10.5 Å². The highest BCUT2D eigenvalue weighted by Gasteiger charge is 2.10. The van der Waals surface area contributed by atoms with Crippen molar-refractivity contribution in [1.29, 1.82) is 0 Å². The van der Waals surface area contributed by atoms with Crippen molar-refractivity contribution in [3.63, 3.8) is 0 Å². The van der Waals surface area contributed by atoms with Gasteiger partial charge >= 0.3 is 0 Å². The van der Waals surface area contributed by atoms with E-state index in [4.69, 9.17) is 22.1 Å². The predicted molar refractivity (Wildman–Crippen MR) is 72.7 cm³/mol. The minimum absolute atomic E-state index is 0.275. The van der Waals surface area contributed by atoms with Gasteiger partial charge in [-0.25, -0.2) is 4.39 Å². The second kappa shape index (κ2) is 5.69. The van der Waals surface area contributed by atoms with Crippen LogP contribution in [0.5, 0.6) is 5.75 Å². The van der Waals surface area contributed by atoms with Crippen LogP contribution in [0.2, 0.25) is 4.34 Å². The van der Waals surface area contributed by atoms with E-state index in [1.807, 2.05) is 12.1 Å². The van der Waals surface area contributed by atoms with Crippen LogP contribution in [0.15, 0.2) is 30.3 Å². The Hall–Kier alpha value is -1.10. The van der Waals surface area contributed by atoms with Crippen LogP contribution in [-0.2, 0) is 6.61 Å². The van der Waals surface area contributed by atoms with E-state index in [0.29, 0.717) is 17.9 Å². The molecule has 0 aliphatic heterocycles. The molecule has 5 heteroatoms. The molecule has 1 unspecified atom stereocenters. The van der Waals surface area contributed by atoms with Gasteiger partial charge in [-0.2, -0.15) is 0 Å². The lowest BCUT2D eigenvalue weighted by Gasteiger charge is -2.13. The van der Waals surface area contributed by atoms with Gasteiger partial charge in [0.2, 0.25) is 0 Å². The summed E-state index contributed by atoms with van der Waals surface area (Å²) < 4.78 is 19.5. The molecule has 0 radical (unpaired) electrons. The standard InChI is InChI=1S/C13H13ClFNOS/c1-8(16)11-6-9(15)2-4-12(11)17-7-10-3-5-13(14)18-10/h2-6,8H,7,16H2,1H3. The van der Waals surface area contributed by atoms with Gasteiger partial charge in [0, 0.05) is 16.5 Å². The molecule has 96 valence electrons. The summed E-state index contributed by atoms with van der Waals surface area (Å²) in [5.74, 6) is 0.296. The summed E-state index contributed by atoms with van der Waals surface area (Å²) in [7, 11) is 0. The molecular weight excluding hydrogens is 273 g/mol. The first-order valence-electron chi connectivity index (χ1n) is 5.48. The van der Waals surface area contributed by atoms with E-state index in [2.05, 4.69) is 0 Å². The Kier molecular flexibility index (Phi) is 4.22. The molecule has 18 heavy (non-hydrogen) atoms. The van der Waals surface area contributed by atoms with Gasteiger partial charge in [-0.15, -0.1) is 11.3 Å². The Labute approximate surface area is 114 Å². The van der Waals surface area contributed by atoms with Crippen molar-refractivity contribution in [2.24, 2.45) is 5.73 Å². The van der Waals surface area contributed by atoms with Crippen molar-refractivity contribution in [1.82, 2.24) is 0 Å². The van der Waals surface area contributed by atoms with Crippen LogP contribution in [0, 0.1) is 5.82 Å². The normalized spacial score (nSPS) is 12.4. The number of hydrogen-bond donors (Lipinski definition) is 1. The zero-order valence-electron chi connectivity index (χ0n) is 9.82. The number of hydrogen-bond acceptors (Lipinski definition) is 3. The second-order valence-electron chi connectivity index (χ2n) is 3.97. The Balaban J connectivity index is 2.13. The van der Waals surface area contributed by atoms with E-state index in [9.17, 15) is 4.39 Å². The lowest BCUT2D eigenvalue weighted by molar-refractivity contribution is 0.304. The maximum Gasteiger partial charge on any atom is 0.124 e. The van der Waals surface area contributed by atoms with Crippen LogP contribution in [0.25, 0.3) is 0 Å². The first-order valence-corrected chi connectivity index (χ1v) is 6.68. The summed E-state index contributed by atoms with van der Waals surface area (Å²) in [6.07, 6.45) is 0. The number of benzene rings is 1. The maximum absolute atomic E-state index is 13.1. The second-order valence-corrected chi connectivity index (χ2v) is 5.76. The molecule has 1 heterocycles. The molecule has 0 saturated carbocycles. The summed E-state index contributed by atoms with van der Waals surface area (Å²) in [6, 6.07) is 7.82. The molecule has 1 aromatic heterocycles. The van der Waals surface area contributed by atoms with Gasteiger partial charge in [0.25, 0.3) is 0 Å². The summed E-state index contributed by atoms with van der Waals surface area (Å²) >= 11 is 7.30. The van der Waals surface area contributed by atoms with E-state index in [0.717, 1.165) is 9.21 Å². The van der Waals surface area contributed by atoms with Gasteiger partial charge in [0.1, 0.15) is 18.2 Å². The number of halogens is 2. The first kappa shape index (κ1) is 13.3. The van der Waals surface area contributed by atoms with Crippen molar-refractivity contribution < 1.29 is 9.13 Å². The van der Waals surface area contributed by atoms with Gasteiger partial charge in [0.05, 0.1) is 4.34 Å². The number of ether oxygens (including phenoxy) is 1. The van der Waals surface area contributed by atoms with Gasteiger partial charge in [-0.05, 0) is 37.3 Å². The molecule has 2 nitrogen and oxygen atoms in total. The molecule has 0 fully saturated rings. The van der Waals surface area contributed by atoms with E-state index in [-0.39, 0.29) is 11.9 Å². The fourth-order valence-corrected chi connectivity index (χ4v) is 2.59. The molecule has 2 N–H and O–H groups in total. The number of thiophene rings is 1. The minimum atomic E-state index is -0.311. The third-order valence-electron chi connectivity index (χ3n) is 2.46. The number of rotatable bonds is 4. The lowest BCUT2D eigenvalue weighted by atomic mass is 10.1. The molecule has 0 amide bonds. The monoisotopic (exact) mass is 285 g/mol. The molecule has 0 bridgehead atoms. The van der Waals surface area contributed by atoms with E-state index in [1.54, 1.807) is 13.0 Å². The predicted octanol–water partition coefficient (Wildman–Crippen LogP) is 4.14. The number of nitrogens with two attached hydrogens (primary N) is 1. The summed E-state index contributed by atoms with van der Waals surface area (Å²) in [4.78, 5) is 1.01. The van der Waals surface area contributed by atoms with Crippen LogP contribution in [0.1, 0.15) is 23.4 Å². The average molecular weight is 286 g/mol. The van der Waals surface area contributed by atoms with E-state index < -0.39 is 0 Å². The van der Waals surface area contributed by atoms with Crippen LogP contribution < -0.4 is 10.5 Å². The van der Waals surface area contributed by atoms with E-state index >= 15 is 0 Å². The van der Waals surface area contributed by atoms with Crippen molar-refractivity contribution >= 4 is 22.9 Å². The van der Waals surface area contributed by atoms with Gasteiger partial charge in [-0.3, -0.25) is 0 Å². The SMILES string of the molecule is CC(N)c1cc(F)ccc1OCc1ccc(Cl)s1. The Morgan fingerprint density at radius 3 is 2.78 bits per heavy atom.